The van der Waals surface area contributed by atoms with Crippen LogP contribution in [0.25, 0.3) is 11.3 Å². The molecular weight excluding hydrogens is 529 g/mol. The molecule has 0 spiro atoms. The minimum Gasteiger partial charge on any atom is -0.365 e. The van der Waals surface area contributed by atoms with Gasteiger partial charge < -0.3 is 5.32 Å². The largest absolute Gasteiger partial charge is 0.365 e. The third-order valence-corrected chi connectivity index (χ3v) is 7.34. The minimum absolute atomic E-state index is 0.0878. The van der Waals surface area contributed by atoms with Crippen LogP contribution < -0.4 is 10.9 Å². The summed E-state index contributed by atoms with van der Waals surface area (Å²) in [5, 5.41) is 7.80. The van der Waals surface area contributed by atoms with Gasteiger partial charge in [0.15, 0.2) is 5.78 Å². The average Bonchev–Trinajstić information content (AvgIpc) is 3.54. The Morgan fingerprint density at radius 2 is 1.89 bits per heavy atom. The van der Waals surface area contributed by atoms with Gasteiger partial charge in [0, 0.05) is 34.2 Å². The summed E-state index contributed by atoms with van der Waals surface area (Å²) in [5.41, 5.74) is -0.312. The van der Waals surface area contributed by atoms with Gasteiger partial charge in [-0.05, 0) is 35.8 Å². The number of anilines is 1. The summed E-state index contributed by atoms with van der Waals surface area (Å²) in [5.74, 6) is -0.000329. The van der Waals surface area contributed by atoms with Crippen LogP contribution in [-0.2, 0) is 13.1 Å². The fourth-order valence-corrected chi connectivity index (χ4v) is 5.00. The van der Waals surface area contributed by atoms with Crippen molar-refractivity contribution in [2.45, 2.75) is 33.9 Å². The van der Waals surface area contributed by atoms with Gasteiger partial charge in [0.05, 0.1) is 28.0 Å². The van der Waals surface area contributed by atoms with Crippen LogP contribution in [0.1, 0.15) is 40.1 Å². The molecule has 182 valence electrons. The molecule has 0 radical (unpaired) electrons. The van der Waals surface area contributed by atoms with Crippen molar-refractivity contribution in [1.29, 1.82) is 0 Å². The molecule has 4 aromatic rings. The number of ketones is 1. The van der Waals surface area contributed by atoms with E-state index >= 15 is 0 Å². The highest BCUT2D eigenvalue weighted by molar-refractivity contribution is 7.16. The van der Waals surface area contributed by atoms with Crippen LogP contribution in [0.5, 0.6) is 0 Å². The van der Waals surface area contributed by atoms with E-state index in [-0.39, 0.29) is 23.4 Å². The number of Topliss-reactive ketones (excluding diaryl/α,β-unsaturated/α-hetero) is 1. The molecule has 0 atom stereocenters. The summed E-state index contributed by atoms with van der Waals surface area (Å²) in [7, 11) is 0. The smallest absolute Gasteiger partial charge is 0.254 e. The average molecular weight is 550 g/mol. The lowest BCUT2D eigenvalue weighted by Crippen LogP contribution is -2.28. The number of rotatable bonds is 7. The molecule has 1 N–H and O–H groups in total. The van der Waals surface area contributed by atoms with Gasteiger partial charge in [-0.15, -0.1) is 11.3 Å². The molecule has 8 nitrogen and oxygen atoms in total. The third kappa shape index (κ3) is 5.72. The van der Waals surface area contributed by atoms with E-state index in [9.17, 15) is 14.4 Å². The molecule has 0 saturated heterocycles. The zero-order valence-corrected chi connectivity index (χ0v) is 22.2. The molecule has 35 heavy (non-hydrogen) atoms. The van der Waals surface area contributed by atoms with Gasteiger partial charge in [-0.25, -0.2) is 4.37 Å². The highest BCUT2D eigenvalue weighted by atomic mass is 35.5. The molecule has 12 heteroatoms. The lowest BCUT2D eigenvalue weighted by molar-refractivity contribution is 0.0752. The molecule has 4 aromatic heterocycles. The summed E-state index contributed by atoms with van der Waals surface area (Å²) in [6.07, 6.45) is 1.53. The molecule has 0 bridgehead atoms. The molecule has 0 amide bonds. The Morgan fingerprint density at radius 3 is 2.49 bits per heavy atom. The molecule has 0 unspecified atom stereocenters. The molecule has 0 aromatic carbocycles. The second-order valence-electron chi connectivity index (χ2n) is 8.73. The van der Waals surface area contributed by atoms with Crippen molar-refractivity contribution in [1.82, 2.24) is 18.7 Å². The highest BCUT2D eigenvalue weighted by Gasteiger charge is 2.27. The monoisotopic (exact) mass is 549 g/mol. The fraction of sp³-hybridized carbons (Fsp3) is 0.261. The van der Waals surface area contributed by atoms with E-state index in [1.54, 1.807) is 39.0 Å². The maximum Gasteiger partial charge on any atom is 0.254 e. The Labute approximate surface area is 219 Å². The van der Waals surface area contributed by atoms with Crippen LogP contribution in [0.2, 0.25) is 9.49 Å². The molecule has 0 aliphatic carbocycles. The van der Waals surface area contributed by atoms with E-state index in [0.29, 0.717) is 32.8 Å². The van der Waals surface area contributed by atoms with Crippen LogP contribution in [0.4, 0.5) is 5.82 Å². The van der Waals surface area contributed by atoms with Crippen LogP contribution >= 0.6 is 46.1 Å². The standard InChI is InChI=1S/C23H21Cl2N5O3S2/c1-23(2,3)22(33)30-20(26-11-14-4-5-19(25)34-14)10-15(28-30)13-8-18(24)29(21(32)9-13)12-16(31)17-6-7-27-35-17/h4-10,26H,11-12H2,1-3H3. The van der Waals surface area contributed by atoms with Gasteiger partial charge in [0.2, 0.25) is 0 Å². The summed E-state index contributed by atoms with van der Waals surface area (Å²) >= 11 is 14.9. The zero-order valence-electron chi connectivity index (χ0n) is 19.0. The summed E-state index contributed by atoms with van der Waals surface area (Å²) in [4.78, 5) is 39.8. The number of hydrogen-bond donors (Lipinski definition) is 1. The first-order valence-electron chi connectivity index (χ1n) is 10.5. The van der Waals surface area contributed by atoms with Crippen LogP contribution in [0.3, 0.4) is 0 Å². The number of carbonyl (C=O) groups excluding carboxylic acids is 2. The summed E-state index contributed by atoms with van der Waals surface area (Å²) in [6.45, 7) is 5.66. The number of hydrogen-bond acceptors (Lipinski definition) is 8. The molecule has 0 aliphatic rings. The quantitative estimate of drug-likeness (QED) is 0.234. The molecule has 4 rings (SSSR count). The van der Waals surface area contributed by atoms with Gasteiger partial charge in [-0.3, -0.25) is 19.0 Å². The van der Waals surface area contributed by atoms with Crippen molar-refractivity contribution in [3.63, 3.8) is 0 Å². The van der Waals surface area contributed by atoms with Gasteiger partial charge in [0.25, 0.3) is 11.5 Å². The topological polar surface area (TPSA) is 98.9 Å². The van der Waals surface area contributed by atoms with Gasteiger partial charge >= 0.3 is 0 Å². The minimum atomic E-state index is -0.690. The number of carbonyl (C=O) groups is 2. The zero-order chi connectivity index (χ0) is 25.3. The highest BCUT2D eigenvalue weighted by Crippen LogP contribution is 2.28. The molecule has 0 fully saturated rings. The lowest BCUT2D eigenvalue weighted by Gasteiger charge is -2.18. The van der Waals surface area contributed by atoms with E-state index in [1.807, 2.05) is 12.1 Å². The summed E-state index contributed by atoms with van der Waals surface area (Å²) in [6, 6.07) is 9.90. The van der Waals surface area contributed by atoms with E-state index < -0.39 is 11.0 Å². The second-order valence-corrected chi connectivity index (χ2v) is 11.8. The van der Waals surface area contributed by atoms with E-state index in [1.165, 1.54) is 32.8 Å². The first kappa shape index (κ1) is 25.3. The van der Waals surface area contributed by atoms with Crippen LogP contribution in [-0.4, -0.2) is 30.4 Å². The van der Waals surface area contributed by atoms with E-state index in [0.717, 1.165) is 16.4 Å². The Hall–Kier alpha value is -2.79. The maximum absolute atomic E-state index is 13.1. The number of nitrogens with one attached hydrogen (secondary N) is 1. The van der Waals surface area contributed by atoms with Gasteiger partial charge in [-0.2, -0.15) is 9.78 Å². The molecule has 0 aliphatic heterocycles. The third-order valence-electron chi connectivity index (χ3n) is 5.00. The first-order valence-corrected chi connectivity index (χ1v) is 12.8. The lowest BCUT2D eigenvalue weighted by atomic mass is 9.96. The number of halogens is 2. The van der Waals surface area contributed by atoms with Crippen molar-refractivity contribution >= 4 is 63.6 Å². The normalized spacial score (nSPS) is 11.6. The van der Waals surface area contributed by atoms with Crippen LogP contribution in [0.15, 0.2) is 47.4 Å². The summed E-state index contributed by atoms with van der Waals surface area (Å²) < 4.78 is 7.07. The van der Waals surface area contributed by atoms with Crippen molar-refractivity contribution in [2.75, 3.05) is 5.32 Å². The van der Waals surface area contributed by atoms with Gasteiger partial charge in [-0.1, -0.05) is 44.0 Å². The van der Waals surface area contributed by atoms with Crippen molar-refractivity contribution < 1.29 is 9.59 Å². The number of aromatic nitrogens is 4. The van der Waals surface area contributed by atoms with Crippen molar-refractivity contribution in [3.05, 3.63) is 72.2 Å². The van der Waals surface area contributed by atoms with Crippen LogP contribution in [0, 0.1) is 5.41 Å². The Bertz CT molecular complexity index is 1450. The Balaban J connectivity index is 1.66. The maximum atomic E-state index is 13.1. The number of pyridine rings is 1. The predicted molar refractivity (Wildman–Crippen MR) is 140 cm³/mol. The second kappa shape index (κ2) is 10.1. The van der Waals surface area contributed by atoms with Crippen molar-refractivity contribution in [3.8, 4) is 11.3 Å². The SMILES string of the molecule is CC(C)(C)C(=O)n1nc(-c2cc(Cl)n(CC(=O)c3ccns3)c(=O)c2)cc1NCc1ccc(Cl)s1. The fourth-order valence-electron chi connectivity index (χ4n) is 3.19. The molecule has 4 heterocycles. The number of nitrogens with zero attached hydrogens (tertiary/aromatic N) is 4. The molecule has 0 saturated carbocycles. The predicted octanol–water partition coefficient (Wildman–Crippen LogP) is 5.72. The Morgan fingerprint density at radius 1 is 1.11 bits per heavy atom. The van der Waals surface area contributed by atoms with Gasteiger partial charge in [0.1, 0.15) is 11.0 Å². The van der Waals surface area contributed by atoms with E-state index in [2.05, 4.69) is 14.8 Å². The first-order chi connectivity index (χ1) is 16.5. The van der Waals surface area contributed by atoms with Crippen molar-refractivity contribution in [2.24, 2.45) is 5.41 Å². The Kier molecular flexibility index (Phi) is 7.27. The molecular formula is C23H21Cl2N5O3S2. The number of thiophene rings is 1. The van der Waals surface area contributed by atoms with E-state index in [4.69, 9.17) is 23.2 Å².